The molecule has 3 aromatic rings. The second-order valence-electron chi connectivity index (χ2n) is 9.60. The number of piperidine rings is 1. The van der Waals surface area contributed by atoms with E-state index in [0.717, 1.165) is 5.39 Å². The predicted molar refractivity (Wildman–Crippen MR) is 117 cm³/mol. The molecule has 1 spiro atoms. The van der Waals surface area contributed by atoms with Crippen molar-refractivity contribution in [2.75, 3.05) is 20.2 Å². The lowest BCUT2D eigenvalue weighted by Gasteiger charge is -2.43. The summed E-state index contributed by atoms with van der Waals surface area (Å²) in [5.41, 5.74) is 0.691. The van der Waals surface area contributed by atoms with Gasteiger partial charge < -0.3 is 14.4 Å². The van der Waals surface area contributed by atoms with Crippen molar-refractivity contribution in [2.45, 2.75) is 51.2 Å². The first kappa shape index (κ1) is 20.5. The van der Waals surface area contributed by atoms with Crippen LogP contribution >= 0.6 is 0 Å². The van der Waals surface area contributed by atoms with Crippen LogP contribution in [-0.4, -0.2) is 62.4 Å². The fourth-order valence-electron chi connectivity index (χ4n) is 4.54. The minimum atomic E-state index is -0.594. The third-order valence-electron chi connectivity index (χ3n) is 6.40. The second-order valence-corrected chi connectivity index (χ2v) is 9.60. The first-order valence-corrected chi connectivity index (χ1v) is 10.8. The number of H-pyrrole nitrogens is 1. The van der Waals surface area contributed by atoms with Gasteiger partial charge in [0.05, 0.1) is 30.8 Å². The highest BCUT2D eigenvalue weighted by Gasteiger charge is 2.45. The molecule has 5 rings (SSSR count). The van der Waals surface area contributed by atoms with E-state index in [9.17, 15) is 9.59 Å². The molecular weight excluding hydrogens is 410 g/mol. The van der Waals surface area contributed by atoms with Crippen LogP contribution in [0.15, 0.2) is 24.5 Å². The first-order chi connectivity index (χ1) is 15.2. The number of hydrogen-bond acceptors (Lipinski definition) is 6. The van der Waals surface area contributed by atoms with Crippen LogP contribution < -0.4 is 9.47 Å². The van der Waals surface area contributed by atoms with E-state index in [1.54, 1.807) is 29.0 Å². The molecule has 1 N–H and O–H groups in total. The number of nitrogens with zero attached hydrogens (tertiary/aromatic N) is 4. The molecule has 0 aliphatic carbocycles. The molecule has 0 saturated carbocycles. The zero-order chi connectivity index (χ0) is 22.7. The summed E-state index contributed by atoms with van der Waals surface area (Å²) < 4.78 is 13.6. The number of benzene rings is 1. The number of hydrogen-bond donors (Lipinski definition) is 1. The Morgan fingerprint density at radius 1 is 1.25 bits per heavy atom. The number of ether oxygens (including phenoxy) is 2. The highest BCUT2D eigenvalue weighted by Crippen LogP contribution is 2.40. The lowest BCUT2D eigenvalue weighted by molar-refractivity contribution is -0.00590. The predicted octanol–water partition coefficient (Wildman–Crippen LogP) is 3.16. The Morgan fingerprint density at radius 2 is 2.00 bits per heavy atom. The fourth-order valence-corrected chi connectivity index (χ4v) is 4.54. The van der Waals surface area contributed by atoms with Crippen LogP contribution in [0, 0.1) is 0 Å². The smallest absolute Gasteiger partial charge is 0.257 e. The van der Waals surface area contributed by atoms with Crippen molar-refractivity contribution in [3.05, 3.63) is 35.8 Å². The molecule has 2 aliphatic rings. The van der Waals surface area contributed by atoms with Gasteiger partial charge in [-0.3, -0.25) is 19.4 Å². The molecule has 1 fully saturated rings. The first-order valence-electron chi connectivity index (χ1n) is 10.8. The third kappa shape index (κ3) is 3.23. The summed E-state index contributed by atoms with van der Waals surface area (Å²) in [4.78, 5) is 27.9. The maximum atomic E-state index is 13.3. The number of amides is 1. The van der Waals surface area contributed by atoms with Gasteiger partial charge in [-0.2, -0.15) is 10.2 Å². The highest BCUT2D eigenvalue weighted by molar-refractivity contribution is 6.03. The van der Waals surface area contributed by atoms with Gasteiger partial charge in [0.1, 0.15) is 11.1 Å². The number of fused-ring (bicyclic) bond motifs is 2. The van der Waals surface area contributed by atoms with E-state index in [-0.39, 0.29) is 23.7 Å². The van der Waals surface area contributed by atoms with Crippen molar-refractivity contribution >= 4 is 22.6 Å². The Bertz CT molecular complexity index is 1210. The van der Waals surface area contributed by atoms with E-state index in [1.165, 1.54) is 0 Å². The largest absolute Gasteiger partial charge is 0.494 e. The minimum absolute atomic E-state index is 0.000297. The molecular formula is C23H27N5O4. The summed E-state index contributed by atoms with van der Waals surface area (Å²) >= 11 is 0. The number of methoxy groups -OCH3 is 1. The number of aromatic nitrogens is 4. The number of aromatic amines is 1. The van der Waals surface area contributed by atoms with E-state index >= 15 is 0 Å². The van der Waals surface area contributed by atoms with Gasteiger partial charge in [-0.25, -0.2) is 0 Å². The van der Waals surface area contributed by atoms with E-state index in [4.69, 9.17) is 9.47 Å². The number of rotatable bonds is 2. The molecule has 0 radical (unpaired) electrons. The summed E-state index contributed by atoms with van der Waals surface area (Å²) in [7, 11) is 1.54. The summed E-state index contributed by atoms with van der Waals surface area (Å²) in [5, 5.41) is 12.4. The van der Waals surface area contributed by atoms with Gasteiger partial charge in [-0.15, -0.1) is 0 Å². The second kappa shape index (κ2) is 7.08. The molecule has 1 aromatic carbocycles. The van der Waals surface area contributed by atoms with E-state index < -0.39 is 5.60 Å². The minimum Gasteiger partial charge on any atom is -0.494 e. The molecule has 168 valence electrons. The van der Waals surface area contributed by atoms with Crippen molar-refractivity contribution in [1.29, 1.82) is 0 Å². The van der Waals surface area contributed by atoms with Crippen molar-refractivity contribution in [1.82, 2.24) is 24.9 Å². The Balaban J connectivity index is 1.35. The number of carbonyl (C=O) groups is 2. The lowest BCUT2D eigenvalue weighted by atomic mass is 9.83. The van der Waals surface area contributed by atoms with Crippen molar-refractivity contribution in [3.8, 4) is 11.5 Å². The molecule has 2 aliphatic heterocycles. The summed E-state index contributed by atoms with van der Waals surface area (Å²) in [6, 6.07) is 3.63. The molecule has 9 heteroatoms. The Labute approximate surface area is 185 Å². The molecule has 9 nitrogen and oxygen atoms in total. The van der Waals surface area contributed by atoms with Gasteiger partial charge in [0.2, 0.25) is 0 Å². The quantitative estimate of drug-likeness (QED) is 0.661. The Kier molecular flexibility index (Phi) is 4.54. The zero-order valence-electron chi connectivity index (χ0n) is 18.8. The van der Waals surface area contributed by atoms with Gasteiger partial charge >= 0.3 is 0 Å². The van der Waals surface area contributed by atoms with Crippen LogP contribution in [-0.2, 0) is 5.54 Å². The van der Waals surface area contributed by atoms with Crippen LogP contribution in [0.2, 0.25) is 0 Å². The van der Waals surface area contributed by atoms with Crippen molar-refractivity contribution in [2.24, 2.45) is 0 Å². The summed E-state index contributed by atoms with van der Waals surface area (Å²) in [6.45, 7) is 7.09. The molecule has 0 bridgehead atoms. The number of Topliss-reactive ketones (excluding diaryl/α,β-unsaturated/α-hetero) is 1. The fraction of sp³-hybridized carbons (Fsp3) is 0.478. The zero-order valence-corrected chi connectivity index (χ0v) is 18.8. The summed E-state index contributed by atoms with van der Waals surface area (Å²) in [6.07, 6.45) is 5.03. The van der Waals surface area contributed by atoms with Crippen molar-refractivity contribution < 1.29 is 19.1 Å². The van der Waals surface area contributed by atoms with Gasteiger partial charge in [-0.1, -0.05) is 6.07 Å². The maximum absolute atomic E-state index is 13.3. The topological polar surface area (TPSA) is 102 Å². The molecule has 2 aromatic heterocycles. The van der Waals surface area contributed by atoms with Gasteiger partial charge in [0.25, 0.3) is 5.91 Å². The van der Waals surface area contributed by atoms with Crippen LogP contribution in [0.4, 0.5) is 0 Å². The van der Waals surface area contributed by atoms with E-state index in [1.807, 2.05) is 33.0 Å². The number of nitrogens with one attached hydrogen (secondary N) is 1. The van der Waals surface area contributed by atoms with Crippen LogP contribution in [0.25, 0.3) is 10.9 Å². The van der Waals surface area contributed by atoms with Gasteiger partial charge in [-0.05, 0) is 26.8 Å². The average Bonchev–Trinajstić information content (AvgIpc) is 3.40. The number of likely N-dealkylation sites (tertiary alicyclic amines) is 1. The molecule has 1 saturated heterocycles. The molecule has 1 amide bonds. The molecule has 4 heterocycles. The molecule has 0 unspecified atom stereocenters. The monoisotopic (exact) mass is 437 g/mol. The molecule has 32 heavy (non-hydrogen) atoms. The lowest BCUT2D eigenvalue weighted by Crippen LogP contribution is -2.52. The normalized spacial score (nSPS) is 18.0. The Morgan fingerprint density at radius 3 is 2.69 bits per heavy atom. The maximum Gasteiger partial charge on any atom is 0.257 e. The van der Waals surface area contributed by atoms with Crippen LogP contribution in [0.5, 0.6) is 11.5 Å². The average molecular weight is 438 g/mol. The van der Waals surface area contributed by atoms with Gasteiger partial charge in [0, 0.05) is 37.5 Å². The van der Waals surface area contributed by atoms with Gasteiger partial charge in [0.15, 0.2) is 23.0 Å². The van der Waals surface area contributed by atoms with Crippen molar-refractivity contribution in [3.63, 3.8) is 0 Å². The summed E-state index contributed by atoms with van der Waals surface area (Å²) in [5.74, 6) is 0.906. The Hall–Kier alpha value is -3.36. The van der Waals surface area contributed by atoms with E-state index in [2.05, 4.69) is 15.3 Å². The third-order valence-corrected chi connectivity index (χ3v) is 6.40. The number of carbonyl (C=O) groups excluding carboxylic acids is 2. The SMILES string of the molecule is COc1c(C(=O)N2CCC3(CC2)CC(=O)c2nn(C(C)(C)C)cc2O3)ccc2c[nH]nc12. The molecule has 0 atom stereocenters. The van der Waals surface area contributed by atoms with Crippen LogP contribution in [0.1, 0.15) is 60.9 Å². The van der Waals surface area contributed by atoms with Crippen LogP contribution in [0.3, 0.4) is 0 Å². The van der Waals surface area contributed by atoms with E-state index in [0.29, 0.717) is 54.2 Å². The standard InChI is InChI=1S/C23H27N5O4/c1-22(2,3)28-13-17-19(26-28)16(29)11-23(32-17)7-9-27(10-8-23)21(30)15-6-5-14-12-24-25-18(14)20(15)31-4/h5-6,12-13H,7-11H2,1-4H3,(H,24,25). The highest BCUT2D eigenvalue weighted by atomic mass is 16.5. The number of ketones is 1.